The van der Waals surface area contributed by atoms with Crippen LogP contribution in [0.1, 0.15) is 6.92 Å². The molecule has 0 aromatic heterocycles. The first-order valence-electron chi connectivity index (χ1n) is 3.00. The monoisotopic (exact) mass is 179 g/mol. The molecule has 1 atom stereocenters. The predicted octanol–water partition coefficient (Wildman–Crippen LogP) is -0.749. The smallest absolute Gasteiger partial charge is 0.218 e. The molecule has 1 N–H and O–H groups in total. The molecule has 3 nitrogen and oxygen atoms in total. The lowest BCUT2D eigenvalue weighted by atomic mass is 10.3. The maximum Gasteiger partial charge on any atom is 0.218 e. The van der Waals surface area contributed by atoms with Crippen LogP contribution in [-0.2, 0) is 24.5 Å². The van der Waals surface area contributed by atoms with Gasteiger partial charge in [0.05, 0.1) is 13.7 Å². The summed E-state index contributed by atoms with van der Waals surface area (Å²) in [5, 5.41) is 2.47. The summed E-state index contributed by atoms with van der Waals surface area (Å²) in [6, 6.07) is 0. The van der Waals surface area contributed by atoms with Gasteiger partial charge in [-0.15, -0.1) is 0 Å². The fourth-order valence-electron chi connectivity index (χ4n) is 0.716. The van der Waals surface area contributed by atoms with Gasteiger partial charge in [0, 0.05) is 20.0 Å². The predicted molar refractivity (Wildman–Crippen MR) is 42.8 cm³/mol. The third-order valence-corrected chi connectivity index (χ3v) is 5.12. The highest BCUT2D eigenvalue weighted by Gasteiger charge is 2.30. The van der Waals surface area contributed by atoms with Gasteiger partial charge in [-0.05, 0) is 11.2 Å². The highest BCUT2D eigenvalue weighted by molar-refractivity contribution is 8.41. The molecule has 10 heavy (non-hydrogen) atoms. The zero-order chi connectivity index (χ0) is 7.78. The number of rotatable bonds is 1. The van der Waals surface area contributed by atoms with Gasteiger partial charge in [0.15, 0.2) is 0 Å². The molecular weight excluding hydrogens is 170 g/mol. The van der Waals surface area contributed by atoms with Crippen molar-refractivity contribution in [1.82, 2.24) is 5.32 Å². The summed E-state index contributed by atoms with van der Waals surface area (Å²) in [4.78, 5) is 10.7. The van der Waals surface area contributed by atoms with Crippen molar-refractivity contribution in [3.63, 3.8) is 0 Å². The normalized spacial score (nSPS) is 24.9. The minimum absolute atomic E-state index is 0.0972. The molecule has 0 aliphatic carbocycles. The molecule has 0 amide bonds. The van der Waals surface area contributed by atoms with Gasteiger partial charge in [0.1, 0.15) is 0 Å². The maximum absolute atomic E-state index is 11.3. The zero-order valence-corrected chi connectivity index (χ0v) is 7.26. The lowest BCUT2D eigenvalue weighted by molar-refractivity contribution is -0.109. The summed E-state index contributed by atoms with van der Waals surface area (Å²) in [6.07, 6.45) is 0. The van der Waals surface area contributed by atoms with E-state index >= 15 is 0 Å². The molecule has 0 aromatic rings. The van der Waals surface area contributed by atoms with E-state index in [2.05, 4.69) is 16.5 Å². The van der Waals surface area contributed by atoms with Gasteiger partial charge < -0.3 is 5.32 Å². The minimum atomic E-state index is -2.61. The van der Waals surface area contributed by atoms with Crippen LogP contribution in [0.4, 0.5) is 0 Å². The van der Waals surface area contributed by atoms with E-state index in [4.69, 9.17) is 0 Å². The molecule has 58 valence electrons. The molecule has 1 rings (SSSR count). The highest BCUT2D eigenvalue weighted by Crippen LogP contribution is 2.08. The quantitative estimate of drug-likeness (QED) is 0.575. The second-order valence-corrected chi connectivity index (χ2v) is 6.13. The molecule has 0 saturated carbocycles. The first-order chi connectivity index (χ1) is 4.55. The Morgan fingerprint density at radius 1 is 1.70 bits per heavy atom. The number of nitrogens with one attached hydrogen (secondary N) is 1. The fraction of sp³-hybridized carbons (Fsp3) is 0.800. The Morgan fingerprint density at radius 3 is 2.30 bits per heavy atom. The lowest BCUT2D eigenvalue weighted by Gasteiger charge is -2.27. The largest absolute Gasteiger partial charge is 0.314 e. The van der Waals surface area contributed by atoms with Crippen LogP contribution in [-0.4, -0.2) is 27.7 Å². The Balaban J connectivity index is 2.78. The first-order valence-corrected chi connectivity index (χ1v) is 5.55. The van der Waals surface area contributed by atoms with Gasteiger partial charge in [0.25, 0.3) is 0 Å². The first kappa shape index (κ1) is 8.10. The van der Waals surface area contributed by atoms with E-state index in [1.807, 2.05) is 0 Å². The molecule has 1 saturated heterocycles. The van der Waals surface area contributed by atoms with Crippen molar-refractivity contribution < 1.29 is 9.00 Å². The van der Waals surface area contributed by atoms with Crippen molar-refractivity contribution in [3.8, 4) is 0 Å². The number of carbonyl (C=O) groups is 1. The molecule has 0 aromatic carbocycles. The van der Waals surface area contributed by atoms with Crippen molar-refractivity contribution >= 4 is 24.8 Å². The standard InChI is InChI=1S/C5H9NO2S2/c1-4(7)10(8,9)5-2-6-3-5/h5-6H,2-3H2,1H3. The van der Waals surface area contributed by atoms with Gasteiger partial charge in [-0.25, -0.2) is 4.21 Å². The van der Waals surface area contributed by atoms with Crippen LogP contribution >= 0.6 is 0 Å². The number of hydrogen-bond donors (Lipinski definition) is 1. The van der Waals surface area contributed by atoms with Gasteiger partial charge in [-0.3, -0.25) is 4.79 Å². The van der Waals surface area contributed by atoms with Gasteiger partial charge in [0.2, 0.25) is 5.12 Å². The Labute approximate surface area is 64.9 Å². The van der Waals surface area contributed by atoms with Crippen LogP contribution in [0.5, 0.6) is 0 Å². The van der Waals surface area contributed by atoms with E-state index in [0.29, 0.717) is 13.1 Å². The third kappa shape index (κ3) is 1.21. The van der Waals surface area contributed by atoms with Crippen molar-refractivity contribution in [3.05, 3.63) is 0 Å². The fourth-order valence-corrected chi connectivity index (χ4v) is 2.27. The van der Waals surface area contributed by atoms with Crippen LogP contribution in [0.2, 0.25) is 0 Å². The second-order valence-electron chi connectivity index (χ2n) is 2.32. The molecule has 1 aliphatic rings. The average Bonchev–Trinajstić information content (AvgIpc) is 1.57. The number of hydrogen-bond acceptors (Lipinski definition) is 4. The van der Waals surface area contributed by atoms with Crippen molar-refractivity contribution in [2.75, 3.05) is 13.1 Å². The molecule has 1 unspecified atom stereocenters. The van der Waals surface area contributed by atoms with Gasteiger partial charge in [-0.2, -0.15) is 0 Å². The summed E-state index contributed by atoms with van der Waals surface area (Å²) < 4.78 is 11.3. The SMILES string of the molecule is CC(=O)S(=O)(=S)C1CNC1. The van der Waals surface area contributed by atoms with Crippen molar-refractivity contribution in [2.45, 2.75) is 12.2 Å². The van der Waals surface area contributed by atoms with Crippen LogP contribution in [0.25, 0.3) is 0 Å². The van der Waals surface area contributed by atoms with E-state index in [9.17, 15) is 9.00 Å². The molecule has 5 heteroatoms. The van der Waals surface area contributed by atoms with Crippen LogP contribution in [0, 0.1) is 0 Å². The zero-order valence-electron chi connectivity index (χ0n) is 5.62. The maximum atomic E-state index is 11.3. The lowest BCUT2D eigenvalue weighted by Crippen LogP contribution is -2.52. The Hall–Kier alpha value is -0.0000000000000000486. The molecule has 1 heterocycles. The summed E-state index contributed by atoms with van der Waals surface area (Å²) in [6.45, 7) is 2.55. The van der Waals surface area contributed by atoms with Gasteiger partial charge in [-0.1, -0.05) is 0 Å². The van der Waals surface area contributed by atoms with Gasteiger partial charge >= 0.3 is 0 Å². The van der Waals surface area contributed by atoms with E-state index in [-0.39, 0.29) is 10.4 Å². The molecule has 0 radical (unpaired) electrons. The van der Waals surface area contributed by atoms with Crippen molar-refractivity contribution in [1.29, 1.82) is 0 Å². The van der Waals surface area contributed by atoms with E-state index in [0.717, 1.165) is 0 Å². The number of carbonyl (C=O) groups excluding carboxylic acids is 1. The average molecular weight is 179 g/mol. The Kier molecular flexibility index (Phi) is 2.07. The summed E-state index contributed by atoms with van der Waals surface area (Å²) >= 11 is 4.68. The molecule has 0 bridgehead atoms. The second kappa shape index (κ2) is 2.56. The Morgan fingerprint density at radius 2 is 2.20 bits per heavy atom. The van der Waals surface area contributed by atoms with Crippen LogP contribution < -0.4 is 5.32 Å². The van der Waals surface area contributed by atoms with Crippen molar-refractivity contribution in [2.24, 2.45) is 0 Å². The summed E-state index contributed by atoms with van der Waals surface area (Å²) in [7, 11) is -2.61. The Bertz CT molecular complexity index is 240. The van der Waals surface area contributed by atoms with E-state index in [1.54, 1.807) is 0 Å². The third-order valence-electron chi connectivity index (χ3n) is 1.58. The molecular formula is C5H9NO2S2. The summed E-state index contributed by atoms with van der Waals surface area (Å²) in [5.41, 5.74) is 0. The molecule has 1 aliphatic heterocycles. The van der Waals surface area contributed by atoms with Crippen LogP contribution in [0.3, 0.4) is 0 Å². The molecule has 1 fully saturated rings. The minimum Gasteiger partial charge on any atom is -0.314 e. The highest BCUT2D eigenvalue weighted by atomic mass is 32.8. The molecule has 0 spiro atoms. The van der Waals surface area contributed by atoms with E-state index in [1.165, 1.54) is 6.92 Å². The van der Waals surface area contributed by atoms with E-state index < -0.39 is 8.49 Å². The van der Waals surface area contributed by atoms with Crippen LogP contribution in [0.15, 0.2) is 0 Å². The summed E-state index contributed by atoms with van der Waals surface area (Å²) in [5.74, 6) is 0. The topological polar surface area (TPSA) is 46.2 Å².